The van der Waals surface area contributed by atoms with E-state index in [1.807, 2.05) is 0 Å². The molecule has 6 nitrogen and oxygen atoms in total. The van der Waals surface area contributed by atoms with E-state index >= 15 is 0 Å². The van der Waals surface area contributed by atoms with Crippen LogP contribution in [-0.2, 0) is 4.79 Å². The Morgan fingerprint density at radius 2 is 2.32 bits per heavy atom. The molecule has 19 heavy (non-hydrogen) atoms. The van der Waals surface area contributed by atoms with Gasteiger partial charge in [-0.2, -0.15) is 5.10 Å². The summed E-state index contributed by atoms with van der Waals surface area (Å²) in [7, 11) is 1.58. The summed E-state index contributed by atoms with van der Waals surface area (Å²) >= 11 is 4.15. The van der Waals surface area contributed by atoms with E-state index in [0.29, 0.717) is 10.8 Å². The molecular formula is C12H12N4O2S. The van der Waals surface area contributed by atoms with Gasteiger partial charge in [0.2, 0.25) is 5.91 Å². The van der Waals surface area contributed by atoms with Gasteiger partial charge in [-0.1, -0.05) is 0 Å². The van der Waals surface area contributed by atoms with E-state index in [0.717, 1.165) is 11.1 Å². The Balaban J connectivity index is 2.38. The fourth-order valence-corrected chi connectivity index (χ4v) is 1.79. The van der Waals surface area contributed by atoms with Crippen LogP contribution in [0.2, 0.25) is 0 Å². The number of primary amides is 1. The van der Waals surface area contributed by atoms with Crippen molar-refractivity contribution in [1.82, 2.24) is 14.8 Å². The minimum absolute atomic E-state index is 0.335. The topological polar surface area (TPSA) is 83.0 Å². The minimum atomic E-state index is -0.582. The molecule has 0 radical (unpaired) electrons. The lowest BCUT2D eigenvalue weighted by molar-refractivity contribution is -0.113. The summed E-state index contributed by atoms with van der Waals surface area (Å²) in [5.41, 5.74) is 6.66. The van der Waals surface area contributed by atoms with Gasteiger partial charge in [-0.3, -0.25) is 9.78 Å². The molecule has 2 aromatic heterocycles. The molecule has 2 heterocycles. The summed E-state index contributed by atoms with van der Waals surface area (Å²) in [5.74, 6) is 0.107. The lowest BCUT2D eigenvalue weighted by atomic mass is 10.1. The Morgan fingerprint density at radius 1 is 1.53 bits per heavy atom. The molecule has 0 atom stereocenters. The van der Waals surface area contributed by atoms with Crippen LogP contribution in [-0.4, -0.2) is 27.8 Å². The average Bonchev–Trinajstić information content (AvgIpc) is 2.87. The van der Waals surface area contributed by atoms with E-state index in [-0.39, 0.29) is 0 Å². The van der Waals surface area contributed by atoms with Crippen molar-refractivity contribution in [2.24, 2.45) is 5.73 Å². The molecule has 0 saturated heterocycles. The highest BCUT2D eigenvalue weighted by molar-refractivity contribution is 7.90. The lowest BCUT2D eigenvalue weighted by Gasteiger charge is -2.04. The highest BCUT2D eigenvalue weighted by atomic mass is 32.1. The molecular weight excluding hydrogens is 264 g/mol. The molecule has 0 spiro atoms. The molecule has 2 aromatic rings. The number of ether oxygens (including phenoxy) is 1. The Morgan fingerprint density at radius 3 is 3.00 bits per heavy atom. The molecule has 0 unspecified atom stereocenters. The summed E-state index contributed by atoms with van der Waals surface area (Å²) < 4.78 is 6.69. The summed E-state index contributed by atoms with van der Waals surface area (Å²) in [6.07, 6.45) is 7.84. The first-order chi connectivity index (χ1) is 9.11. The number of methoxy groups -OCH3 is 1. The lowest BCUT2D eigenvalue weighted by Crippen LogP contribution is -2.07. The van der Waals surface area contributed by atoms with Gasteiger partial charge < -0.3 is 10.5 Å². The predicted octanol–water partition coefficient (Wildman–Crippen LogP) is 1.17. The molecule has 1 amide bonds. The predicted molar refractivity (Wildman–Crippen MR) is 74.5 cm³/mol. The first-order valence-corrected chi connectivity index (χ1v) is 5.80. The highest BCUT2D eigenvalue weighted by Gasteiger charge is 2.09. The maximum absolute atomic E-state index is 10.8. The SMILES string of the molecule is COc1ccncc1-c1cnn(/C(S)=C/C(N)=O)c1. The van der Waals surface area contributed by atoms with Gasteiger partial charge >= 0.3 is 0 Å². The molecule has 7 heteroatoms. The second-order valence-corrected chi connectivity index (χ2v) is 4.11. The number of carbonyl (C=O) groups is 1. The maximum atomic E-state index is 10.8. The van der Waals surface area contributed by atoms with Crippen LogP contribution in [0.1, 0.15) is 0 Å². The van der Waals surface area contributed by atoms with Crippen molar-refractivity contribution in [3.63, 3.8) is 0 Å². The number of nitrogens with zero attached hydrogens (tertiary/aromatic N) is 3. The molecule has 0 fully saturated rings. The number of amides is 1. The first-order valence-electron chi connectivity index (χ1n) is 5.35. The molecule has 0 bridgehead atoms. The molecule has 0 aliphatic heterocycles. The second-order valence-electron chi connectivity index (χ2n) is 3.65. The largest absolute Gasteiger partial charge is 0.496 e. The van der Waals surface area contributed by atoms with E-state index in [2.05, 4.69) is 22.7 Å². The number of hydrogen-bond acceptors (Lipinski definition) is 5. The van der Waals surface area contributed by atoms with Gasteiger partial charge in [0.1, 0.15) is 5.75 Å². The summed E-state index contributed by atoms with van der Waals surface area (Å²) in [5, 5.41) is 4.44. The van der Waals surface area contributed by atoms with Crippen LogP contribution in [0.4, 0.5) is 0 Å². The zero-order chi connectivity index (χ0) is 13.8. The summed E-state index contributed by atoms with van der Waals surface area (Å²) in [6, 6.07) is 1.76. The Kier molecular flexibility index (Phi) is 3.86. The van der Waals surface area contributed by atoms with Crippen LogP contribution in [0.5, 0.6) is 5.75 Å². The summed E-state index contributed by atoms with van der Waals surface area (Å²) in [6.45, 7) is 0. The van der Waals surface area contributed by atoms with Crippen molar-refractivity contribution >= 4 is 23.6 Å². The van der Waals surface area contributed by atoms with Crippen LogP contribution >= 0.6 is 12.6 Å². The summed E-state index contributed by atoms with van der Waals surface area (Å²) in [4.78, 5) is 14.8. The third-order valence-electron chi connectivity index (χ3n) is 2.40. The molecule has 0 aromatic carbocycles. The molecule has 2 N–H and O–H groups in total. The average molecular weight is 276 g/mol. The van der Waals surface area contributed by atoms with E-state index in [9.17, 15) is 4.79 Å². The van der Waals surface area contributed by atoms with Crippen molar-refractivity contribution < 1.29 is 9.53 Å². The van der Waals surface area contributed by atoms with Gasteiger partial charge in [0.25, 0.3) is 0 Å². The number of hydrogen-bond donors (Lipinski definition) is 2. The molecule has 0 aliphatic carbocycles. The molecule has 0 saturated carbocycles. The fourth-order valence-electron chi connectivity index (χ4n) is 1.56. The molecule has 2 rings (SSSR count). The third kappa shape index (κ3) is 2.94. The van der Waals surface area contributed by atoms with Crippen LogP contribution in [0, 0.1) is 0 Å². The minimum Gasteiger partial charge on any atom is -0.496 e. The Hall–Kier alpha value is -2.28. The van der Waals surface area contributed by atoms with Gasteiger partial charge in [-0.25, -0.2) is 4.68 Å². The van der Waals surface area contributed by atoms with E-state index in [1.54, 1.807) is 38.0 Å². The zero-order valence-electron chi connectivity index (χ0n) is 10.1. The van der Waals surface area contributed by atoms with Crippen molar-refractivity contribution in [3.8, 4) is 16.9 Å². The van der Waals surface area contributed by atoms with Crippen LogP contribution in [0.25, 0.3) is 16.2 Å². The zero-order valence-corrected chi connectivity index (χ0v) is 11.0. The number of carbonyl (C=O) groups excluding carboxylic acids is 1. The van der Waals surface area contributed by atoms with Crippen molar-refractivity contribution in [3.05, 3.63) is 36.9 Å². The Bertz CT molecular complexity index is 636. The highest BCUT2D eigenvalue weighted by Crippen LogP contribution is 2.28. The van der Waals surface area contributed by atoms with Gasteiger partial charge in [0.05, 0.1) is 18.3 Å². The number of pyridine rings is 1. The van der Waals surface area contributed by atoms with E-state index < -0.39 is 5.91 Å². The van der Waals surface area contributed by atoms with Gasteiger partial charge in [0, 0.05) is 35.8 Å². The smallest absolute Gasteiger partial charge is 0.244 e. The van der Waals surface area contributed by atoms with E-state index in [4.69, 9.17) is 10.5 Å². The third-order valence-corrected chi connectivity index (χ3v) is 2.73. The van der Waals surface area contributed by atoms with Crippen LogP contribution in [0.3, 0.4) is 0 Å². The van der Waals surface area contributed by atoms with Crippen LogP contribution < -0.4 is 10.5 Å². The van der Waals surface area contributed by atoms with Crippen LogP contribution in [0.15, 0.2) is 36.9 Å². The van der Waals surface area contributed by atoms with Crippen molar-refractivity contribution in [1.29, 1.82) is 0 Å². The van der Waals surface area contributed by atoms with Gasteiger partial charge in [0.15, 0.2) is 0 Å². The quantitative estimate of drug-likeness (QED) is 0.648. The number of aromatic nitrogens is 3. The molecule has 0 aliphatic rings. The maximum Gasteiger partial charge on any atom is 0.244 e. The second kappa shape index (κ2) is 5.57. The fraction of sp³-hybridized carbons (Fsp3) is 0.0833. The number of rotatable bonds is 4. The monoisotopic (exact) mass is 276 g/mol. The number of thiol groups is 1. The normalized spacial score (nSPS) is 11.4. The van der Waals surface area contributed by atoms with Crippen molar-refractivity contribution in [2.45, 2.75) is 0 Å². The van der Waals surface area contributed by atoms with E-state index in [1.165, 1.54) is 10.8 Å². The Labute approximate surface area is 115 Å². The van der Waals surface area contributed by atoms with Gasteiger partial charge in [-0.15, -0.1) is 12.6 Å². The standard InChI is InChI=1S/C12H12N4O2S/c1-18-10-2-3-14-6-9(10)8-5-15-16(7-8)12(19)4-11(13)17/h2-7,19H,1H3,(H2,13,17)/b12-4-. The van der Waals surface area contributed by atoms with Crippen molar-refractivity contribution in [2.75, 3.05) is 7.11 Å². The molecule has 98 valence electrons. The van der Waals surface area contributed by atoms with Gasteiger partial charge in [-0.05, 0) is 6.07 Å². The number of nitrogens with two attached hydrogens (primary N) is 1. The first kappa shape index (κ1) is 13.2.